The van der Waals surface area contributed by atoms with Gasteiger partial charge in [0.2, 0.25) is 0 Å². The molecule has 8 aromatic rings. The third-order valence-corrected chi connectivity index (χ3v) is 6.93. The fourth-order valence-corrected chi connectivity index (χ4v) is 4.97. The van der Waals surface area contributed by atoms with Gasteiger partial charge in [-0.1, -0.05) is 241 Å². The fourth-order valence-electron chi connectivity index (χ4n) is 4.97. The molecule has 0 saturated heterocycles. The quantitative estimate of drug-likeness (QED) is 0.109. The predicted octanol–water partition coefficient (Wildman–Crippen LogP) is 17.0. The van der Waals surface area contributed by atoms with Gasteiger partial charge in [0.25, 0.3) is 0 Å². The Labute approximate surface area is 321 Å². The molecule has 8 aromatic carbocycles. The second-order valence-electron chi connectivity index (χ2n) is 18.4. The molecule has 53 heavy (non-hydrogen) atoms. The van der Waals surface area contributed by atoms with Crippen LogP contribution in [0, 0.1) is 16.2 Å². The summed E-state index contributed by atoms with van der Waals surface area (Å²) < 4.78 is 0. The van der Waals surface area contributed by atoms with Gasteiger partial charge in [-0.15, -0.1) is 0 Å². The van der Waals surface area contributed by atoms with Crippen molar-refractivity contribution in [2.24, 2.45) is 16.2 Å². The summed E-state index contributed by atoms with van der Waals surface area (Å²) in [5, 5.41) is 13.2. The molecule has 0 aliphatic rings. The van der Waals surface area contributed by atoms with Gasteiger partial charge in [0.15, 0.2) is 0 Å². The molecule has 0 heterocycles. The van der Waals surface area contributed by atoms with E-state index in [2.05, 4.69) is 253 Å². The van der Waals surface area contributed by atoms with Crippen LogP contribution in [0.3, 0.4) is 0 Å². The van der Waals surface area contributed by atoms with Crippen molar-refractivity contribution in [3.8, 4) is 0 Å². The average Bonchev–Trinajstić information content (AvgIpc) is 3.09. The molecule has 0 saturated carbocycles. The first kappa shape index (κ1) is 42.5. The van der Waals surface area contributed by atoms with Gasteiger partial charge < -0.3 is 0 Å². The Morgan fingerprint density at radius 1 is 0.208 bits per heavy atom. The number of rotatable bonds is 0. The van der Waals surface area contributed by atoms with Crippen LogP contribution in [0.25, 0.3) is 53.9 Å². The Morgan fingerprint density at radius 2 is 0.377 bits per heavy atom. The molecule has 0 spiro atoms. The highest BCUT2D eigenvalue weighted by molar-refractivity contribution is 6.07. The van der Waals surface area contributed by atoms with Crippen molar-refractivity contribution in [3.05, 3.63) is 170 Å². The first-order valence-electron chi connectivity index (χ1n) is 19.0. The van der Waals surface area contributed by atoms with Crippen LogP contribution in [-0.4, -0.2) is 0 Å². The number of fused-ring (bicyclic) bond motifs is 6. The highest BCUT2D eigenvalue weighted by Crippen LogP contribution is 2.25. The maximum Gasteiger partial charge on any atom is -0.0105 e. The van der Waals surface area contributed by atoms with E-state index in [-0.39, 0.29) is 0 Å². The van der Waals surface area contributed by atoms with Crippen LogP contribution >= 0.6 is 0 Å². The second kappa shape index (κ2) is 19.8. The van der Waals surface area contributed by atoms with E-state index in [9.17, 15) is 0 Å². The minimum Gasteiger partial charge on any atom is -0.0616 e. The van der Waals surface area contributed by atoms with Gasteiger partial charge in [-0.25, -0.2) is 0 Å². The molecular weight excluding hydrogens is 637 g/mol. The van der Waals surface area contributed by atoms with Gasteiger partial charge >= 0.3 is 0 Å². The fraction of sp³-hybridized carbons (Fsp3) is 0.283. The Morgan fingerprint density at radius 3 is 0.604 bits per heavy atom. The molecule has 8 rings (SSSR count). The summed E-state index contributed by atoms with van der Waals surface area (Å²) in [5.41, 5.74) is 1.50. The molecule has 0 unspecified atom stereocenters. The number of hydrogen-bond donors (Lipinski definition) is 0. The van der Waals surface area contributed by atoms with Crippen molar-refractivity contribution in [1.29, 1.82) is 0 Å². The molecule has 0 aromatic heterocycles. The van der Waals surface area contributed by atoms with E-state index >= 15 is 0 Å². The van der Waals surface area contributed by atoms with E-state index < -0.39 is 0 Å². The molecule has 0 heteroatoms. The van der Waals surface area contributed by atoms with E-state index in [1.807, 2.05) is 0 Å². The van der Waals surface area contributed by atoms with Crippen LogP contribution in [0.4, 0.5) is 0 Å². The normalized spacial score (nSPS) is 11.0. The van der Waals surface area contributed by atoms with Crippen LogP contribution < -0.4 is 0 Å². The summed E-state index contributed by atoms with van der Waals surface area (Å²) in [4.78, 5) is 0. The lowest BCUT2D eigenvalue weighted by molar-refractivity contribution is 0.469. The maximum atomic E-state index is 2.24. The van der Waals surface area contributed by atoms with E-state index in [4.69, 9.17) is 0 Å². The molecule has 276 valence electrons. The van der Waals surface area contributed by atoms with E-state index in [1.165, 1.54) is 53.9 Å². The van der Waals surface area contributed by atoms with Crippen molar-refractivity contribution in [2.75, 3.05) is 0 Å². The second-order valence-corrected chi connectivity index (χ2v) is 18.4. The monoisotopic (exact) mass is 701 g/mol. The summed E-state index contributed by atoms with van der Waals surface area (Å²) >= 11 is 0. The minimum atomic E-state index is 0.500. The third-order valence-electron chi connectivity index (χ3n) is 6.93. The Kier molecular flexibility index (Phi) is 15.8. The zero-order valence-electron chi connectivity index (χ0n) is 34.7. The SMILES string of the molecule is CC(C)(C)C.CC(C)(C)C.CC(C)(C)C.c1ccc2c(c1)ccc1ccccc12.c1ccc2cc3ccccc3cc2c1.c1ccc2ccccc2c1. The van der Waals surface area contributed by atoms with Crippen molar-refractivity contribution >= 4 is 53.9 Å². The number of benzene rings is 8. The largest absolute Gasteiger partial charge is 0.0616 e. The average molecular weight is 701 g/mol. The third kappa shape index (κ3) is 17.4. The lowest BCUT2D eigenvalue weighted by Gasteiger charge is -2.05. The molecule has 0 aliphatic carbocycles. The lowest BCUT2D eigenvalue weighted by Crippen LogP contribution is -1.93. The molecule has 0 nitrogen and oxygen atoms in total. The van der Waals surface area contributed by atoms with Crippen LogP contribution in [0.1, 0.15) is 83.1 Å². The van der Waals surface area contributed by atoms with Gasteiger partial charge in [-0.3, -0.25) is 0 Å². The van der Waals surface area contributed by atoms with Crippen LogP contribution in [-0.2, 0) is 0 Å². The van der Waals surface area contributed by atoms with Gasteiger partial charge in [-0.05, 0) is 82.2 Å². The summed E-state index contributed by atoms with van der Waals surface area (Å²) in [6.07, 6.45) is 0. The van der Waals surface area contributed by atoms with Crippen molar-refractivity contribution in [2.45, 2.75) is 83.1 Å². The van der Waals surface area contributed by atoms with E-state index in [0.717, 1.165) is 0 Å². The molecule has 0 atom stereocenters. The molecule has 0 fully saturated rings. The summed E-state index contributed by atoms with van der Waals surface area (Å²) in [7, 11) is 0. The van der Waals surface area contributed by atoms with Gasteiger partial charge in [-0.2, -0.15) is 0 Å². The highest BCUT2D eigenvalue weighted by Gasteiger charge is 1.99. The molecular formula is C53H64. The van der Waals surface area contributed by atoms with Crippen molar-refractivity contribution < 1.29 is 0 Å². The van der Waals surface area contributed by atoms with E-state index in [0.29, 0.717) is 16.2 Å². The topological polar surface area (TPSA) is 0 Å². The Hall–Kier alpha value is -4.94. The first-order chi connectivity index (χ1) is 24.8. The molecule has 0 amide bonds. The molecule has 0 bridgehead atoms. The smallest absolute Gasteiger partial charge is 0.0105 e. The van der Waals surface area contributed by atoms with Crippen LogP contribution in [0.2, 0.25) is 0 Å². The van der Waals surface area contributed by atoms with Crippen LogP contribution in [0.15, 0.2) is 170 Å². The number of hydrogen-bond acceptors (Lipinski definition) is 0. The molecule has 0 N–H and O–H groups in total. The summed E-state index contributed by atoms with van der Waals surface area (Å²) in [6, 6.07) is 59.5. The van der Waals surface area contributed by atoms with Crippen molar-refractivity contribution in [1.82, 2.24) is 0 Å². The van der Waals surface area contributed by atoms with Crippen molar-refractivity contribution in [3.63, 3.8) is 0 Å². The van der Waals surface area contributed by atoms with Gasteiger partial charge in [0.05, 0.1) is 0 Å². The Bertz CT molecular complexity index is 1980. The lowest BCUT2D eigenvalue weighted by atomic mass is 10.0. The van der Waals surface area contributed by atoms with Gasteiger partial charge in [0, 0.05) is 0 Å². The molecule has 0 aliphatic heterocycles. The predicted molar refractivity (Wildman–Crippen MR) is 242 cm³/mol. The zero-order chi connectivity index (χ0) is 39.1. The zero-order valence-corrected chi connectivity index (χ0v) is 34.7. The maximum absolute atomic E-state index is 2.24. The Balaban J connectivity index is 0.000000182. The first-order valence-corrected chi connectivity index (χ1v) is 19.0. The summed E-state index contributed by atoms with van der Waals surface area (Å²) in [5.74, 6) is 0. The summed E-state index contributed by atoms with van der Waals surface area (Å²) in [6.45, 7) is 26.2. The van der Waals surface area contributed by atoms with Gasteiger partial charge in [0.1, 0.15) is 0 Å². The van der Waals surface area contributed by atoms with E-state index in [1.54, 1.807) is 0 Å². The van der Waals surface area contributed by atoms with Crippen LogP contribution in [0.5, 0.6) is 0 Å². The highest BCUT2D eigenvalue weighted by atomic mass is 14.0. The standard InChI is InChI=1S/2C14H10.C10H8.3C5H12/c1-3-7-13-11(5-1)9-10-12-6-2-4-8-14(12)13;1-2-6-12-10-14-8-4-3-7-13(14)9-11(12)5-1;1-2-6-10-8-4-3-7-9(10)5-1;3*1-5(2,3)4/h2*1-10H;1-8H;3*1-4H3. The minimum absolute atomic E-state index is 0.500. The molecule has 0 radical (unpaired) electrons.